The van der Waals surface area contributed by atoms with E-state index in [1.807, 2.05) is 6.07 Å². The van der Waals surface area contributed by atoms with Gasteiger partial charge in [-0.05, 0) is 57.8 Å². The number of rotatable bonds is 4. The van der Waals surface area contributed by atoms with Crippen molar-refractivity contribution in [1.29, 1.82) is 0 Å². The maximum atomic E-state index is 3.54. The molecule has 0 saturated heterocycles. The smallest absolute Gasteiger partial charge is 0.0390 e. The summed E-state index contributed by atoms with van der Waals surface area (Å²) in [5, 5.41) is 6.23. The zero-order valence-electron chi connectivity index (χ0n) is 16.3. The second-order valence-electron chi connectivity index (χ2n) is 7.54. The lowest BCUT2D eigenvalue weighted by molar-refractivity contribution is 0.921. The first-order valence-electron chi connectivity index (χ1n) is 10.1. The minimum atomic E-state index is 0.445. The molecule has 4 aromatic carbocycles. The topological polar surface area (TPSA) is 12.0 Å². The molecule has 0 aliphatic heterocycles. The second kappa shape index (κ2) is 7.81. The Labute approximate surface area is 171 Å². The maximum Gasteiger partial charge on any atom is 0.0390 e. The van der Waals surface area contributed by atoms with Gasteiger partial charge in [0.15, 0.2) is 0 Å². The minimum Gasteiger partial charge on any atom is -0.356 e. The van der Waals surface area contributed by atoms with E-state index >= 15 is 0 Å². The van der Waals surface area contributed by atoms with E-state index < -0.39 is 0 Å². The Kier molecular flexibility index (Phi) is 4.72. The van der Waals surface area contributed by atoms with Crippen LogP contribution in [0.2, 0.25) is 0 Å². The molecule has 1 atom stereocenters. The zero-order valence-corrected chi connectivity index (χ0v) is 16.3. The van der Waals surface area contributed by atoms with Gasteiger partial charge in [0.2, 0.25) is 0 Å². The number of nitrogens with one attached hydrogen (secondary N) is 1. The van der Waals surface area contributed by atoms with Crippen LogP contribution in [0.1, 0.15) is 17.9 Å². The van der Waals surface area contributed by atoms with E-state index in [0.29, 0.717) is 5.92 Å². The number of hydrogen-bond acceptors (Lipinski definition) is 1. The highest BCUT2D eigenvalue weighted by Crippen LogP contribution is 2.27. The minimum absolute atomic E-state index is 0.445. The molecule has 0 saturated carbocycles. The van der Waals surface area contributed by atoms with E-state index in [0.717, 1.165) is 17.8 Å². The Balaban J connectivity index is 1.35. The van der Waals surface area contributed by atoms with Gasteiger partial charge in [0.05, 0.1) is 0 Å². The largest absolute Gasteiger partial charge is 0.356 e. The summed E-state index contributed by atoms with van der Waals surface area (Å²) in [6.07, 6.45) is 5.80. The molecule has 1 heteroatoms. The molecule has 5 rings (SSSR count). The van der Waals surface area contributed by atoms with Gasteiger partial charge in [-0.3, -0.25) is 0 Å². The normalized spacial score (nSPS) is 15.0. The first-order valence-corrected chi connectivity index (χ1v) is 10.1. The molecule has 0 fully saturated rings. The highest BCUT2D eigenvalue weighted by molar-refractivity contribution is 5.71. The van der Waals surface area contributed by atoms with Gasteiger partial charge >= 0.3 is 0 Å². The van der Waals surface area contributed by atoms with Crippen LogP contribution in [-0.4, -0.2) is 0 Å². The lowest BCUT2D eigenvalue weighted by atomic mass is 9.90. The number of benzene rings is 4. The number of anilines is 2. The average Bonchev–Trinajstić information content (AvgIpc) is 2.80. The van der Waals surface area contributed by atoms with Gasteiger partial charge in [-0.1, -0.05) is 91.0 Å². The predicted molar refractivity (Wildman–Crippen MR) is 124 cm³/mol. The van der Waals surface area contributed by atoms with Gasteiger partial charge in [0.25, 0.3) is 0 Å². The van der Waals surface area contributed by atoms with Crippen LogP contribution in [0.4, 0.5) is 11.4 Å². The third kappa shape index (κ3) is 3.86. The van der Waals surface area contributed by atoms with E-state index in [1.54, 1.807) is 0 Å². The van der Waals surface area contributed by atoms with E-state index in [-0.39, 0.29) is 0 Å². The average molecular weight is 373 g/mol. The first kappa shape index (κ1) is 17.5. The summed E-state index contributed by atoms with van der Waals surface area (Å²) in [6.45, 7) is 0. The third-order valence-electron chi connectivity index (χ3n) is 5.57. The molecule has 1 nitrogen and oxygen atoms in total. The predicted octanol–water partition coefficient (Wildman–Crippen LogP) is 5.85. The quantitative estimate of drug-likeness (QED) is 0.473. The van der Waals surface area contributed by atoms with Crippen LogP contribution in [-0.2, 0) is 0 Å². The monoisotopic (exact) mass is 373 g/mol. The van der Waals surface area contributed by atoms with Crippen LogP contribution in [0.3, 0.4) is 0 Å². The van der Waals surface area contributed by atoms with Gasteiger partial charge < -0.3 is 5.32 Å². The first-order chi connectivity index (χ1) is 14.3. The van der Waals surface area contributed by atoms with Crippen molar-refractivity contribution in [2.45, 2.75) is 12.3 Å². The Morgan fingerprint density at radius 3 is 2.14 bits per heavy atom. The second-order valence-corrected chi connectivity index (χ2v) is 7.54. The van der Waals surface area contributed by atoms with Crippen molar-refractivity contribution in [3.05, 3.63) is 119 Å². The summed E-state index contributed by atoms with van der Waals surface area (Å²) in [5.41, 5.74) is 6.03. The Morgan fingerprint density at radius 2 is 1.31 bits per heavy atom. The zero-order chi connectivity index (χ0) is 19.5. The molecule has 0 radical (unpaired) electrons. The van der Waals surface area contributed by atoms with Crippen LogP contribution in [0, 0.1) is 0 Å². The standard InChI is InChI=1S/C28H23N/c1-2-7-21(8-3-1)25-11-6-12-28(20-25)29-27-17-15-23(16-18-27)26-14-13-22-9-4-5-10-24(22)19-26/h1-13,15-20,26,29H,14H2. The molecular formula is C28H23N. The van der Waals surface area contributed by atoms with E-state index in [4.69, 9.17) is 0 Å². The van der Waals surface area contributed by atoms with Crippen LogP contribution in [0.5, 0.6) is 0 Å². The highest BCUT2D eigenvalue weighted by atomic mass is 14.9. The van der Waals surface area contributed by atoms with Gasteiger partial charge in [0.1, 0.15) is 0 Å². The van der Waals surface area contributed by atoms with Crippen molar-refractivity contribution in [2.75, 3.05) is 5.32 Å². The van der Waals surface area contributed by atoms with Crippen molar-refractivity contribution < 1.29 is 0 Å². The lowest BCUT2D eigenvalue weighted by Gasteiger charge is -2.15. The molecule has 0 aromatic heterocycles. The van der Waals surface area contributed by atoms with Crippen LogP contribution in [0.15, 0.2) is 103 Å². The maximum absolute atomic E-state index is 3.54. The summed E-state index contributed by atoms with van der Waals surface area (Å²) >= 11 is 0. The Morgan fingerprint density at radius 1 is 0.586 bits per heavy atom. The summed E-state index contributed by atoms with van der Waals surface area (Å²) in [6, 6.07) is 36.5. The molecular weight excluding hydrogens is 350 g/mol. The fourth-order valence-corrected chi connectivity index (χ4v) is 4.01. The van der Waals surface area contributed by atoms with Crippen molar-refractivity contribution in [1.82, 2.24) is 0 Å². The van der Waals surface area contributed by atoms with Crippen molar-refractivity contribution >= 4 is 23.5 Å². The number of hydrogen-bond donors (Lipinski definition) is 1. The fraction of sp³-hybridized carbons (Fsp3) is 0.0714. The van der Waals surface area contributed by atoms with Crippen LogP contribution < -0.4 is 15.8 Å². The molecule has 0 bridgehead atoms. The number of fused-ring (bicyclic) bond motifs is 1. The Bertz CT molecular complexity index is 1240. The molecule has 1 aliphatic rings. The van der Waals surface area contributed by atoms with Crippen molar-refractivity contribution in [3.63, 3.8) is 0 Å². The molecule has 1 unspecified atom stereocenters. The molecule has 0 heterocycles. The van der Waals surface area contributed by atoms with Gasteiger partial charge in [-0.15, -0.1) is 0 Å². The summed E-state index contributed by atoms with van der Waals surface area (Å²) < 4.78 is 0. The van der Waals surface area contributed by atoms with Crippen LogP contribution >= 0.6 is 0 Å². The molecule has 29 heavy (non-hydrogen) atoms. The van der Waals surface area contributed by atoms with Gasteiger partial charge in [-0.25, -0.2) is 0 Å². The fourth-order valence-electron chi connectivity index (χ4n) is 4.01. The molecule has 1 aliphatic carbocycles. The van der Waals surface area contributed by atoms with Gasteiger partial charge in [0, 0.05) is 17.3 Å². The lowest BCUT2D eigenvalue weighted by Crippen LogP contribution is -2.27. The van der Waals surface area contributed by atoms with E-state index in [9.17, 15) is 0 Å². The van der Waals surface area contributed by atoms with Crippen LogP contribution in [0.25, 0.3) is 23.3 Å². The summed E-state index contributed by atoms with van der Waals surface area (Å²) in [4.78, 5) is 0. The summed E-state index contributed by atoms with van der Waals surface area (Å²) in [7, 11) is 0. The Hall–Kier alpha value is -3.58. The molecule has 1 N–H and O–H groups in total. The third-order valence-corrected chi connectivity index (χ3v) is 5.57. The van der Waals surface area contributed by atoms with E-state index in [2.05, 4.69) is 115 Å². The van der Waals surface area contributed by atoms with Crippen molar-refractivity contribution in [3.8, 4) is 11.1 Å². The molecule has 4 aromatic rings. The molecule has 140 valence electrons. The summed E-state index contributed by atoms with van der Waals surface area (Å²) in [5.74, 6) is 0.445. The van der Waals surface area contributed by atoms with Crippen molar-refractivity contribution in [2.24, 2.45) is 0 Å². The van der Waals surface area contributed by atoms with E-state index in [1.165, 1.54) is 27.1 Å². The molecule has 0 amide bonds. The SMILES string of the molecule is C1=c2ccccc2=CC(c2ccc(Nc3cccc(-c4ccccc4)c3)cc2)C1. The highest BCUT2D eigenvalue weighted by Gasteiger charge is 2.10. The molecule has 0 spiro atoms. The van der Waals surface area contributed by atoms with Gasteiger partial charge in [-0.2, -0.15) is 0 Å².